The molecule has 0 bridgehead atoms. The van der Waals surface area contributed by atoms with Gasteiger partial charge in [-0.2, -0.15) is 0 Å². The molecule has 3 aromatic rings. The minimum atomic E-state index is -0.246. The van der Waals surface area contributed by atoms with E-state index in [9.17, 15) is 9.59 Å². The molecule has 0 unspecified atom stereocenters. The zero-order valence-corrected chi connectivity index (χ0v) is 16.0. The molecule has 5 nitrogen and oxygen atoms in total. The Morgan fingerprint density at radius 2 is 1.86 bits per heavy atom. The highest BCUT2D eigenvalue weighted by atomic mass is 16.2. The molecule has 0 spiro atoms. The average molecular weight is 383 g/mol. The Balaban J connectivity index is 1.34. The van der Waals surface area contributed by atoms with E-state index >= 15 is 0 Å². The summed E-state index contributed by atoms with van der Waals surface area (Å²) in [5.41, 5.74) is 2.92. The van der Waals surface area contributed by atoms with E-state index in [0.717, 1.165) is 41.5 Å². The van der Waals surface area contributed by atoms with Crippen molar-refractivity contribution in [1.82, 2.24) is 10.3 Å². The van der Waals surface area contributed by atoms with Gasteiger partial charge in [-0.05, 0) is 49.2 Å². The van der Waals surface area contributed by atoms with E-state index in [-0.39, 0.29) is 18.4 Å². The summed E-state index contributed by atoms with van der Waals surface area (Å²) >= 11 is 0. The molecule has 1 aliphatic heterocycles. The molecule has 0 radical (unpaired) electrons. The molecular weight excluding hydrogens is 362 g/mol. The number of nitrogens with zero attached hydrogens (tertiary/aromatic N) is 2. The van der Waals surface area contributed by atoms with Gasteiger partial charge in [-0.3, -0.25) is 9.59 Å². The van der Waals surface area contributed by atoms with Crippen LogP contribution in [0.15, 0.2) is 60.7 Å². The van der Waals surface area contributed by atoms with Gasteiger partial charge in [0.05, 0.1) is 12.1 Å². The highest BCUT2D eigenvalue weighted by Gasteiger charge is 2.19. The van der Waals surface area contributed by atoms with E-state index in [1.165, 1.54) is 0 Å². The van der Waals surface area contributed by atoms with Crippen molar-refractivity contribution in [3.8, 4) is 11.8 Å². The Bertz CT molecular complexity index is 1110. The predicted molar refractivity (Wildman–Crippen MR) is 114 cm³/mol. The molecule has 0 atom stereocenters. The molecule has 1 saturated heterocycles. The van der Waals surface area contributed by atoms with E-state index in [1.54, 1.807) is 6.07 Å². The summed E-state index contributed by atoms with van der Waals surface area (Å²) in [6.45, 7) is 1.01. The molecule has 1 aliphatic rings. The lowest BCUT2D eigenvalue weighted by Gasteiger charge is -2.26. The first-order valence-corrected chi connectivity index (χ1v) is 9.74. The Hall–Kier alpha value is -3.65. The van der Waals surface area contributed by atoms with Crippen LogP contribution in [0.3, 0.4) is 0 Å². The van der Waals surface area contributed by atoms with Gasteiger partial charge in [0, 0.05) is 29.6 Å². The van der Waals surface area contributed by atoms with Crippen LogP contribution in [0.25, 0.3) is 10.9 Å². The maximum atomic E-state index is 12.3. The second kappa shape index (κ2) is 8.57. The molecule has 5 heteroatoms. The van der Waals surface area contributed by atoms with Gasteiger partial charge >= 0.3 is 0 Å². The third-order valence-corrected chi connectivity index (χ3v) is 4.90. The maximum absolute atomic E-state index is 12.3. The van der Waals surface area contributed by atoms with Crippen LogP contribution in [0.5, 0.6) is 0 Å². The Kier molecular flexibility index (Phi) is 5.53. The number of fused-ring (bicyclic) bond motifs is 1. The van der Waals surface area contributed by atoms with Gasteiger partial charge in [0.2, 0.25) is 5.91 Å². The quantitative estimate of drug-likeness (QED) is 0.704. The predicted octanol–water partition coefficient (Wildman–Crippen LogP) is 3.53. The first kappa shape index (κ1) is 18.7. The van der Waals surface area contributed by atoms with Crippen LogP contribution in [0.4, 0.5) is 5.69 Å². The summed E-state index contributed by atoms with van der Waals surface area (Å²) in [5, 5.41) is 3.77. The number of hydrogen-bond donors (Lipinski definition) is 1. The van der Waals surface area contributed by atoms with Crippen LogP contribution < -0.4 is 10.2 Å². The molecular formula is C24H21N3O2. The third-order valence-electron chi connectivity index (χ3n) is 4.90. The van der Waals surface area contributed by atoms with Gasteiger partial charge in [-0.25, -0.2) is 4.98 Å². The van der Waals surface area contributed by atoms with Crippen LogP contribution in [-0.4, -0.2) is 29.9 Å². The highest BCUT2D eigenvalue weighted by molar-refractivity contribution is 5.95. The van der Waals surface area contributed by atoms with Crippen molar-refractivity contribution < 1.29 is 9.59 Å². The zero-order valence-electron chi connectivity index (χ0n) is 16.0. The number of aromatic nitrogens is 1. The SMILES string of the molecule is O=C(NCC#Cc1ccc(N2CCCCC2=O)cc1)c1ccc2ccccc2n1. The highest BCUT2D eigenvalue weighted by Crippen LogP contribution is 2.21. The molecule has 2 heterocycles. The lowest BCUT2D eigenvalue weighted by molar-refractivity contribution is -0.119. The molecule has 1 fully saturated rings. The van der Waals surface area contributed by atoms with Gasteiger partial charge in [0.25, 0.3) is 5.91 Å². The number of nitrogens with one attached hydrogen (secondary N) is 1. The lowest BCUT2D eigenvalue weighted by atomic mass is 10.1. The minimum absolute atomic E-state index is 0.181. The van der Waals surface area contributed by atoms with Crippen LogP contribution in [0, 0.1) is 11.8 Å². The summed E-state index contributed by atoms with van der Waals surface area (Å²) in [6.07, 6.45) is 2.63. The van der Waals surface area contributed by atoms with E-state index in [2.05, 4.69) is 22.1 Å². The third kappa shape index (κ3) is 4.44. The summed E-state index contributed by atoms with van der Waals surface area (Å²) in [7, 11) is 0. The summed E-state index contributed by atoms with van der Waals surface area (Å²) in [5.74, 6) is 5.93. The van der Waals surface area contributed by atoms with Crippen molar-refractivity contribution in [2.45, 2.75) is 19.3 Å². The molecule has 1 N–H and O–H groups in total. The fourth-order valence-electron chi connectivity index (χ4n) is 3.36. The Labute approximate surface area is 169 Å². The largest absolute Gasteiger partial charge is 0.340 e. The number of carbonyl (C=O) groups is 2. The molecule has 144 valence electrons. The van der Waals surface area contributed by atoms with E-state index < -0.39 is 0 Å². The second-order valence-electron chi connectivity index (χ2n) is 6.92. The normalized spacial score (nSPS) is 13.7. The number of rotatable bonds is 3. The maximum Gasteiger partial charge on any atom is 0.270 e. The number of para-hydroxylation sites is 1. The number of benzene rings is 2. The minimum Gasteiger partial charge on any atom is -0.340 e. The van der Waals surface area contributed by atoms with Crippen molar-refractivity contribution >= 4 is 28.4 Å². The van der Waals surface area contributed by atoms with Crippen molar-refractivity contribution in [3.05, 3.63) is 71.9 Å². The summed E-state index contributed by atoms with van der Waals surface area (Å²) in [4.78, 5) is 30.5. The average Bonchev–Trinajstić information content (AvgIpc) is 2.77. The zero-order chi connectivity index (χ0) is 20.1. The van der Waals surface area contributed by atoms with Crippen LogP contribution in [0.2, 0.25) is 0 Å². The van der Waals surface area contributed by atoms with E-state index in [4.69, 9.17) is 0 Å². The van der Waals surface area contributed by atoms with E-state index in [0.29, 0.717) is 12.1 Å². The van der Waals surface area contributed by atoms with Gasteiger partial charge in [0.1, 0.15) is 5.69 Å². The molecule has 0 aliphatic carbocycles. The van der Waals surface area contributed by atoms with Gasteiger partial charge < -0.3 is 10.2 Å². The fraction of sp³-hybridized carbons (Fsp3) is 0.208. The molecule has 1 aromatic heterocycles. The number of piperidine rings is 1. The molecule has 29 heavy (non-hydrogen) atoms. The molecule has 4 rings (SSSR count). The monoisotopic (exact) mass is 383 g/mol. The van der Waals surface area contributed by atoms with Gasteiger partial charge in [-0.1, -0.05) is 36.1 Å². The van der Waals surface area contributed by atoms with Crippen molar-refractivity contribution in [2.75, 3.05) is 18.0 Å². The van der Waals surface area contributed by atoms with Gasteiger partial charge in [-0.15, -0.1) is 0 Å². The lowest BCUT2D eigenvalue weighted by Crippen LogP contribution is -2.35. The second-order valence-corrected chi connectivity index (χ2v) is 6.92. The van der Waals surface area contributed by atoms with Crippen molar-refractivity contribution in [3.63, 3.8) is 0 Å². The molecule has 0 saturated carbocycles. The number of anilines is 1. The number of pyridine rings is 1. The number of carbonyl (C=O) groups excluding carboxylic acids is 2. The topological polar surface area (TPSA) is 62.3 Å². The van der Waals surface area contributed by atoms with Gasteiger partial charge in [0.15, 0.2) is 0 Å². The standard InChI is InChI=1S/C24H21N3O2/c28-23-9-3-4-17-27(23)20-13-10-18(11-14-20)6-5-16-25-24(29)22-15-12-19-7-1-2-8-21(19)26-22/h1-2,7-8,10-15H,3-4,9,16-17H2,(H,25,29). The Morgan fingerprint density at radius 1 is 1.03 bits per heavy atom. The van der Waals surface area contributed by atoms with Crippen molar-refractivity contribution in [1.29, 1.82) is 0 Å². The first-order valence-electron chi connectivity index (χ1n) is 9.74. The smallest absolute Gasteiger partial charge is 0.270 e. The van der Waals surface area contributed by atoms with Crippen molar-refractivity contribution in [2.24, 2.45) is 0 Å². The molecule has 2 amide bonds. The number of hydrogen-bond acceptors (Lipinski definition) is 3. The fourth-order valence-corrected chi connectivity index (χ4v) is 3.36. The van der Waals surface area contributed by atoms with E-state index in [1.807, 2.05) is 59.5 Å². The molecule has 2 aromatic carbocycles. The van der Waals surface area contributed by atoms with Crippen LogP contribution in [0.1, 0.15) is 35.3 Å². The Morgan fingerprint density at radius 3 is 2.69 bits per heavy atom. The van der Waals surface area contributed by atoms with Crippen LogP contribution >= 0.6 is 0 Å². The summed E-state index contributed by atoms with van der Waals surface area (Å²) < 4.78 is 0. The summed E-state index contributed by atoms with van der Waals surface area (Å²) in [6, 6.07) is 18.9. The van der Waals surface area contributed by atoms with Crippen LogP contribution in [-0.2, 0) is 4.79 Å². The number of amides is 2. The first-order chi connectivity index (χ1) is 14.2.